The van der Waals surface area contributed by atoms with Crippen LogP contribution in [0.2, 0.25) is 0 Å². The third kappa shape index (κ3) is 3.52. The maximum absolute atomic E-state index is 14.3. The lowest BCUT2D eigenvalue weighted by Crippen LogP contribution is -2.45. The van der Waals surface area contributed by atoms with E-state index in [9.17, 15) is 14.0 Å². The van der Waals surface area contributed by atoms with Crippen molar-refractivity contribution in [1.82, 2.24) is 9.88 Å². The molecule has 1 aromatic heterocycles. The molecule has 2 amide bonds. The van der Waals surface area contributed by atoms with E-state index in [0.29, 0.717) is 17.8 Å². The number of aryl methyl sites for hydroxylation is 1. The first-order valence-corrected chi connectivity index (χ1v) is 8.21. The van der Waals surface area contributed by atoms with Crippen LogP contribution in [0.5, 0.6) is 0 Å². The van der Waals surface area contributed by atoms with Gasteiger partial charge in [0.1, 0.15) is 11.6 Å². The van der Waals surface area contributed by atoms with Crippen LogP contribution in [0.1, 0.15) is 30.0 Å². The molecule has 3 rings (SSSR count). The highest BCUT2D eigenvalue weighted by Gasteiger charge is 2.40. The van der Waals surface area contributed by atoms with E-state index in [1.165, 1.54) is 11.0 Å². The van der Waals surface area contributed by atoms with Gasteiger partial charge in [0.05, 0.1) is 12.0 Å². The zero-order valence-electron chi connectivity index (χ0n) is 14.2. The predicted molar refractivity (Wildman–Crippen MR) is 92.2 cm³/mol. The van der Waals surface area contributed by atoms with Gasteiger partial charge in [0.15, 0.2) is 0 Å². The Morgan fingerprint density at radius 1 is 1.28 bits per heavy atom. The quantitative estimate of drug-likeness (QED) is 0.933. The van der Waals surface area contributed by atoms with Gasteiger partial charge in [0, 0.05) is 25.2 Å². The Morgan fingerprint density at radius 3 is 2.72 bits per heavy atom. The summed E-state index contributed by atoms with van der Waals surface area (Å²) in [5, 5.41) is 2.78. The van der Waals surface area contributed by atoms with Gasteiger partial charge in [-0.15, -0.1) is 0 Å². The molecule has 1 N–H and O–H groups in total. The second-order valence-corrected chi connectivity index (χ2v) is 6.33. The molecule has 1 aromatic carbocycles. The number of halogens is 1. The molecule has 130 valence electrons. The van der Waals surface area contributed by atoms with Gasteiger partial charge in [-0.05, 0) is 31.0 Å². The molecule has 1 aliphatic heterocycles. The van der Waals surface area contributed by atoms with Crippen LogP contribution in [0.4, 0.5) is 10.2 Å². The van der Waals surface area contributed by atoms with Crippen molar-refractivity contribution in [2.45, 2.75) is 25.8 Å². The number of aromatic nitrogens is 1. The number of anilines is 1. The summed E-state index contributed by atoms with van der Waals surface area (Å²) in [6, 6.07) is 9.22. The molecule has 2 heterocycles. The molecule has 5 nitrogen and oxygen atoms in total. The van der Waals surface area contributed by atoms with Crippen molar-refractivity contribution in [3.8, 4) is 0 Å². The zero-order chi connectivity index (χ0) is 18.0. The van der Waals surface area contributed by atoms with Gasteiger partial charge in [0.25, 0.3) is 0 Å². The largest absolute Gasteiger partial charge is 0.338 e. The fourth-order valence-electron chi connectivity index (χ4n) is 3.21. The minimum atomic E-state index is -0.632. The predicted octanol–water partition coefficient (Wildman–Crippen LogP) is 3.08. The van der Waals surface area contributed by atoms with Crippen molar-refractivity contribution < 1.29 is 14.0 Å². The molecule has 2 atom stereocenters. The number of amides is 2. The Balaban J connectivity index is 1.89. The van der Waals surface area contributed by atoms with E-state index in [0.717, 1.165) is 5.56 Å². The van der Waals surface area contributed by atoms with Crippen LogP contribution in [0, 0.1) is 18.7 Å². The number of benzene rings is 1. The third-order valence-electron chi connectivity index (χ3n) is 4.58. The minimum absolute atomic E-state index is 0.0919. The van der Waals surface area contributed by atoms with Gasteiger partial charge in [-0.25, -0.2) is 9.37 Å². The van der Waals surface area contributed by atoms with E-state index in [2.05, 4.69) is 10.3 Å². The molecule has 0 bridgehead atoms. The van der Waals surface area contributed by atoms with Crippen LogP contribution in [-0.4, -0.2) is 28.7 Å². The van der Waals surface area contributed by atoms with Gasteiger partial charge in [-0.2, -0.15) is 0 Å². The normalized spacial score (nSPS) is 20.4. The van der Waals surface area contributed by atoms with Gasteiger partial charge in [-0.3, -0.25) is 9.59 Å². The standard InChI is InChI=1S/C19H20FN3O2/c1-12-7-9-16(21-11-12)22-19(25)14-8-10-17(24)23(2)18(14)13-5-3-4-6-15(13)20/h3-7,9,11,14,18H,8,10H2,1-2H3,(H,21,22,25)/t14-,18+/m0/s1. The Bertz CT molecular complexity index is 792. The van der Waals surface area contributed by atoms with E-state index in [4.69, 9.17) is 0 Å². The number of piperidine rings is 1. The summed E-state index contributed by atoms with van der Waals surface area (Å²) >= 11 is 0. The molecule has 1 saturated heterocycles. The van der Waals surface area contributed by atoms with Crippen LogP contribution in [-0.2, 0) is 9.59 Å². The van der Waals surface area contributed by atoms with Gasteiger partial charge in [0.2, 0.25) is 11.8 Å². The van der Waals surface area contributed by atoms with Crippen LogP contribution < -0.4 is 5.32 Å². The van der Waals surface area contributed by atoms with Crippen molar-refractivity contribution in [2.75, 3.05) is 12.4 Å². The number of carbonyl (C=O) groups is 2. The summed E-state index contributed by atoms with van der Waals surface area (Å²) < 4.78 is 14.3. The van der Waals surface area contributed by atoms with E-state index < -0.39 is 17.8 Å². The monoisotopic (exact) mass is 341 g/mol. The summed E-state index contributed by atoms with van der Waals surface area (Å²) in [5.74, 6) is -0.861. The molecule has 1 fully saturated rings. The second kappa shape index (κ2) is 7.01. The number of hydrogen-bond acceptors (Lipinski definition) is 3. The number of nitrogens with zero attached hydrogens (tertiary/aromatic N) is 2. The molecule has 6 heteroatoms. The number of likely N-dealkylation sites (tertiary alicyclic amines) is 1. The van der Waals surface area contributed by atoms with Crippen molar-refractivity contribution in [2.24, 2.45) is 5.92 Å². The van der Waals surface area contributed by atoms with Gasteiger partial charge < -0.3 is 10.2 Å². The lowest BCUT2D eigenvalue weighted by molar-refractivity contribution is -0.140. The number of pyridine rings is 1. The van der Waals surface area contributed by atoms with Crippen molar-refractivity contribution >= 4 is 17.6 Å². The lowest BCUT2D eigenvalue weighted by atomic mass is 9.83. The number of hydrogen-bond donors (Lipinski definition) is 1. The highest BCUT2D eigenvalue weighted by molar-refractivity contribution is 5.94. The topological polar surface area (TPSA) is 62.3 Å². The smallest absolute Gasteiger partial charge is 0.231 e. The maximum Gasteiger partial charge on any atom is 0.231 e. The molecule has 25 heavy (non-hydrogen) atoms. The fraction of sp³-hybridized carbons (Fsp3) is 0.316. The Labute approximate surface area is 145 Å². The first-order valence-electron chi connectivity index (χ1n) is 8.21. The molecule has 2 aromatic rings. The molecule has 0 unspecified atom stereocenters. The summed E-state index contributed by atoms with van der Waals surface area (Å²) in [6.07, 6.45) is 2.31. The van der Waals surface area contributed by atoms with Crippen molar-refractivity contribution in [3.05, 3.63) is 59.5 Å². The lowest BCUT2D eigenvalue weighted by Gasteiger charge is -2.38. The van der Waals surface area contributed by atoms with Crippen LogP contribution in [0.25, 0.3) is 0 Å². The van der Waals surface area contributed by atoms with Crippen LogP contribution in [0.3, 0.4) is 0 Å². The number of nitrogens with one attached hydrogen (secondary N) is 1. The molecule has 0 saturated carbocycles. The highest BCUT2D eigenvalue weighted by atomic mass is 19.1. The van der Waals surface area contributed by atoms with Crippen molar-refractivity contribution in [3.63, 3.8) is 0 Å². The van der Waals surface area contributed by atoms with Crippen molar-refractivity contribution in [1.29, 1.82) is 0 Å². The molecular formula is C19H20FN3O2. The van der Waals surface area contributed by atoms with E-state index >= 15 is 0 Å². The summed E-state index contributed by atoms with van der Waals surface area (Å²) in [5.41, 5.74) is 1.35. The van der Waals surface area contributed by atoms with E-state index in [1.54, 1.807) is 37.5 Å². The summed E-state index contributed by atoms with van der Waals surface area (Å²) in [7, 11) is 1.61. The highest BCUT2D eigenvalue weighted by Crippen LogP contribution is 2.37. The summed E-state index contributed by atoms with van der Waals surface area (Å²) in [4.78, 5) is 30.5. The first kappa shape index (κ1) is 17.1. The van der Waals surface area contributed by atoms with E-state index in [-0.39, 0.29) is 18.2 Å². The summed E-state index contributed by atoms with van der Waals surface area (Å²) in [6.45, 7) is 1.91. The molecule has 0 spiro atoms. The average Bonchev–Trinajstić information content (AvgIpc) is 2.60. The Kier molecular flexibility index (Phi) is 4.79. The SMILES string of the molecule is Cc1ccc(NC(=O)[C@H]2CCC(=O)N(C)[C@@H]2c2ccccc2F)nc1. The maximum atomic E-state index is 14.3. The Hall–Kier alpha value is -2.76. The molecule has 1 aliphatic rings. The zero-order valence-corrected chi connectivity index (χ0v) is 14.2. The van der Waals surface area contributed by atoms with Gasteiger partial charge in [-0.1, -0.05) is 24.3 Å². The average molecular weight is 341 g/mol. The Morgan fingerprint density at radius 2 is 2.04 bits per heavy atom. The first-order chi connectivity index (χ1) is 12.0. The molecule has 0 aliphatic carbocycles. The molecule has 0 radical (unpaired) electrons. The van der Waals surface area contributed by atoms with Crippen LogP contribution >= 0.6 is 0 Å². The van der Waals surface area contributed by atoms with Crippen LogP contribution in [0.15, 0.2) is 42.6 Å². The number of rotatable bonds is 3. The second-order valence-electron chi connectivity index (χ2n) is 6.33. The molecular weight excluding hydrogens is 321 g/mol. The minimum Gasteiger partial charge on any atom is -0.338 e. The van der Waals surface area contributed by atoms with E-state index in [1.807, 2.05) is 13.0 Å². The fourth-order valence-corrected chi connectivity index (χ4v) is 3.21. The van der Waals surface area contributed by atoms with Gasteiger partial charge >= 0.3 is 0 Å². The third-order valence-corrected chi connectivity index (χ3v) is 4.58. The number of carbonyl (C=O) groups excluding carboxylic acids is 2.